The number of imidazole rings is 1. The molecule has 1 aromatic rings. The normalized spacial score (nSPS) is 12.2. The molecule has 15 heavy (non-hydrogen) atoms. The molecular formula is C8H11N3O4. The van der Waals surface area contributed by atoms with Gasteiger partial charge >= 0.3 is 11.8 Å². The SMILES string of the molecule is CC(=O)OC(C)n1c([N+](=O)[O-])cnc1C. The molecule has 0 aliphatic heterocycles. The Morgan fingerprint density at radius 3 is 2.80 bits per heavy atom. The molecule has 1 atom stereocenters. The highest BCUT2D eigenvalue weighted by molar-refractivity contribution is 5.66. The molecule has 1 rings (SSSR count). The maximum absolute atomic E-state index is 10.7. The first-order valence-electron chi connectivity index (χ1n) is 4.29. The van der Waals surface area contributed by atoms with E-state index in [1.807, 2.05) is 0 Å². The van der Waals surface area contributed by atoms with Crippen LogP contribution in [-0.4, -0.2) is 20.4 Å². The maximum atomic E-state index is 10.7. The van der Waals surface area contributed by atoms with Crippen molar-refractivity contribution in [3.05, 3.63) is 22.1 Å². The molecular weight excluding hydrogens is 202 g/mol. The van der Waals surface area contributed by atoms with Crippen LogP contribution < -0.4 is 0 Å². The predicted octanol–water partition coefficient (Wildman–Crippen LogP) is 1.18. The highest BCUT2D eigenvalue weighted by Crippen LogP contribution is 2.20. The number of nitrogens with zero attached hydrogens (tertiary/aromatic N) is 3. The van der Waals surface area contributed by atoms with Crippen LogP contribution in [0.3, 0.4) is 0 Å². The minimum atomic E-state index is -0.731. The highest BCUT2D eigenvalue weighted by atomic mass is 16.6. The maximum Gasteiger partial charge on any atom is 0.345 e. The molecule has 1 heterocycles. The molecule has 0 aromatic carbocycles. The first kappa shape index (κ1) is 11.2. The quantitative estimate of drug-likeness (QED) is 0.427. The topological polar surface area (TPSA) is 87.3 Å². The Balaban J connectivity index is 3.05. The van der Waals surface area contributed by atoms with E-state index in [2.05, 4.69) is 4.98 Å². The van der Waals surface area contributed by atoms with Crippen molar-refractivity contribution >= 4 is 11.8 Å². The van der Waals surface area contributed by atoms with Crippen molar-refractivity contribution in [2.75, 3.05) is 0 Å². The third-order valence-electron chi connectivity index (χ3n) is 1.85. The van der Waals surface area contributed by atoms with Crippen LogP contribution in [0.4, 0.5) is 5.82 Å². The zero-order chi connectivity index (χ0) is 11.6. The van der Waals surface area contributed by atoms with Crippen molar-refractivity contribution < 1.29 is 14.5 Å². The van der Waals surface area contributed by atoms with Gasteiger partial charge in [-0.25, -0.2) is 4.98 Å². The van der Waals surface area contributed by atoms with Gasteiger partial charge in [0, 0.05) is 20.8 Å². The van der Waals surface area contributed by atoms with E-state index in [9.17, 15) is 14.9 Å². The van der Waals surface area contributed by atoms with E-state index in [0.29, 0.717) is 5.82 Å². The Hall–Kier alpha value is -1.92. The third kappa shape index (κ3) is 2.30. The fourth-order valence-corrected chi connectivity index (χ4v) is 1.32. The van der Waals surface area contributed by atoms with Crippen LogP contribution >= 0.6 is 0 Å². The Bertz CT molecular complexity index is 399. The van der Waals surface area contributed by atoms with E-state index >= 15 is 0 Å². The standard InChI is InChI=1S/C8H11N3O4/c1-5-9-4-8(11(13)14)10(5)6(2)15-7(3)12/h4,6H,1-3H3. The van der Waals surface area contributed by atoms with Crippen LogP contribution in [0.5, 0.6) is 0 Å². The summed E-state index contributed by atoms with van der Waals surface area (Å²) in [7, 11) is 0. The van der Waals surface area contributed by atoms with Gasteiger partial charge in [0.2, 0.25) is 6.23 Å². The van der Waals surface area contributed by atoms with Gasteiger partial charge in [-0.3, -0.25) is 4.79 Å². The molecule has 0 fully saturated rings. The fourth-order valence-electron chi connectivity index (χ4n) is 1.32. The molecule has 0 aliphatic rings. The summed E-state index contributed by atoms with van der Waals surface area (Å²) in [5, 5.41) is 10.6. The molecule has 7 heteroatoms. The lowest BCUT2D eigenvalue weighted by Gasteiger charge is -2.10. The second-order valence-corrected chi connectivity index (χ2v) is 3.00. The molecule has 0 spiro atoms. The molecule has 0 radical (unpaired) electrons. The lowest BCUT2D eigenvalue weighted by Crippen LogP contribution is -2.15. The van der Waals surface area contributed by atoms with Crippen LogP contribution in [0.2, 0.25) is 0 Å². The zero-order valence-corrected chi connectivity index (χ0v) is 8.63. The van der Waals surface area contributed by atoms with Gasteiger partial charge in [0.25, 0.3) is 0 Å². The number of hydrogen-bond acceptors (Lipinski definition) is 5. The number of rotatable bonds is 3. The number of carbonyl (C=O) groups excluding carboxylic acids is 1. The molecule has 1 aromatic heterocycles. The summed E-state index contributed by atoms with van der Waals surface area (Å²) in [5.74, 6) is -0.262. The summed E-state index contributed by atoms with van der Waals surface area (Å²) in [4.78, 5) is 24.6. The molecule has 0 amide bonds. The Morgan fingerprint density at radius 1 is 1.73 bits per heavy atom. The van der Waals surface area contributed by atoms with E-state index in [4.69, 9.17) is 4.74 Å². The van der Waals surface area contributed by atoms with E-state index in [1.165, 1.54) is 11.5 Å². The average Bonchev–Trinajstić information content (AvgIpc) is 2.45. The van der Waals surface area contributed by atoms with Crippen molar-refractivity contribution in [1.82, 2.24) is 9.55 Å². The molecule has 0 bridgehead atoms. The molecule has 0 saturated carbocycles. The number of aromatic nitrogens is 2. The number of ether oxygens (including phenoxy) is 1. The lowest BCUT2D eigenvalue weighted by atomic mass is 10.5. The average molecular weight is 213 g/mol. The van der Waals surface area contributed by atoms with E-state index in [-0.39, 0.29) is 5.82 Å². The minimum absolute atomic E-state index is 0.193. The van der Waals surface area contributed by atoms with Crippen LogP contribution in [0.25, 0.3) is 0 Å². The Kier molecular flexibility index (Phi) is 3.03. The van der Waals surface area contributed by atoms with Gasteiger partial charge in [0.15, 0.2) is 5.82 Å². The van der Waals surface area contributed by atoms with E-state index in [0.717, 1.165) is 6.20 Å². The number of carbonyl (C=O) groups is 1. The highest BCUT2D eigenvalue weighted by Gasteiger charge is 2.24. The smallest absolute Gasteiger partial charge is 0.345 e. The summed E-state index contributed by atoms with van der Waals surface area (Å²) in [6, 6.07) is 0. The van der Waals surface area contributed by atoms with Crippen molar-refractivity contribution in [2.45, 2.75) is 27.0 Å². The Labute approximate surface area is 85.8 Å². The van der Waals surface area contributed by atoms with Gasteiger partial charge in [0.05, 0.1) is 0 Å². The largest absolute Gasteiger partial charge is 0.422 e. The first-order valence-corrected chi connectivity index (χ1v) is 4.29. The number of aryl methyl sites for hydroxylation is 1. The Morgan fingerprint density at radius 2 is 2.33 bits per heavy atom. The zero-order valence-electron chi connectivity index (χ0n) is 8.63. The van der Waals surface area contributed by atoms with Crippen molar-refractivity contribution in [1.29, 1.82) is 0 Å². The fraction of sp³-hybridized carbons (Fsp3) is 0.500. The van der Waals surface area contributed by atoms with Crippen LogP contribution in [-0.2, 0) is 9.53 Å². The van der Waals surface area contributed by atoms with Gasteiger partial charge in [-0.05, 0) is 4.92 Å². The minimum Gasteiger partial charge on any atom is -0.422 e. The molecule has 0 aliphatic carbocycles. The van der Waals surface area contributed by atoms with Crippen LogP contribution in [0.1, 0.15) is 25.9 Å². The molecule has 1 unspecified atom stereocenters. The number of hydrogen-bond donors (Lipinski definition) is 0. The summed E-state index contributed by atoms with van der Waals surface area (Å²) in [6.07, 6.45) is 0.403. The molecule has 0 saturated heterocycles. The van der Waals surface area contributed by atoms with Gasteiger partial charge in [0.1, 0.15) is 6.20 Å². The summed E-state index contributed by atoms with van der Waals surface area (Å²) < 4.78 is 6.10. The van der Waals surface area contributed by atoms with E-state index < -0.39 is 17.1 Å². The van der Waals surface area contributed by atoms with Gasteiger partial charge in [-0.15, -0.1) is 0 Å². The van der Waals surface area contributed by atoms with Gasteiger partial charge in [-0.1, -0.05) is 0 Å². The van der Waals surface area contributed by atoms with Gasteiger partial charge < -0.3 is 14.9 Å². The van der Waals surface area contributed by atoms with E-state index in [1.54, 1.807) is 13.8 Å². The van der Waals surface area contributed by atoms with Crippen molar-refractivity contribution in [3.63, 3.8) is 0 Å². The molecule has 7 nitrogen and oxygen atoms in total. The van der Waals surface area contributed by atoms with Crippen LogP contribution in [0.15, 0.2) is 6.20 Å². The predicted molar refractivity (Wildman–Crippen MR) is 50.1 cm³/mol. The number of nitro groups is 1. The van der Waals surface area contributed by atoms with Crippen molar-refractivity contribution in [2.24, 2.45) is 0 Å². The molecule has 82 valence electrons. The lowest BCUT2D eigenvalue weighted by molar-refractivity contribution is -0.393. The summed E-state index contributed by atoms with van der Waals surface area (Å²) in [5.41, 5.74) is 0. The summed E-state index contributed by atoms with van der Waals surface area (Å²) in [6.45, 7) is 4.39. The third-order valence-corrected chi connectivity index (χ3v) is 1.85. The second kappa shape index (κ2) is 4.07. The summed E-state index contributed by atoms with van der Waals surface area (Å²) >= 11 is 0. The molecule has 0 N–H and O–H groups in total. The second-order valence-electron chi connectivity index (χ2n) is 3.00. The number of esters is 1. The monoisotopic (exact) mass is 213 g/mol. The van der Waals surface area contributed by atoms with Crippen molar-refractivity contribution in [3.8, 4) is 0 Å². The van der Waals surface area contributed by atoms with Gasteiger partial charge in [-0.2, -0.15) is 4.57 Å². The first-order chi connectivity index (χ1) is 6.93. The van der Waals surface area contributed by atoms with Crippen LogP contribution in [0, 0.1) is 17.0 Å².